The van der Waals surface area contributed by atoms with Crippen LogP contribution in [0.15, 0.2) is 61.1 Å². The lowest BCUT2D eigenvalue weighted by molar-refractivity contribution is -0.0498. The van der Waals surface area contributed by atoms with Gasteiger partial charge in [-0.15, -0.1) is 0 Å². The zero-order chi connectivity index (χ0) is 21.9. The van der Waals surface area contributed by atoms with E-state index < -0.39 is 5.60 Å². The van der Waals surface area contributed by atoms with E-state index in [4.69, 9.17) is 10.5 Å². The quantitative estimate of drug-likeness (QED) is 0.490. The average molecular weight is 427 g/mol. The monoisotopic (exact) mass is 426 g/mol. The summed E-state index contributed by atoms with van der Waals surface area (Å²) in [5, 5.41) is 11.1. The van der Waals surface area contributed by atoms with Crippen LogP contribution >= 0.6 is 0 Å². The van der Waals surface area contributed by atoms with Crippen molar-refractivity contribution in [1.29, 1.82) is 0 Å². The van der Waals surface area contributed by atoms with Crippen LogP contribution in [0.1, 0.15) is 49.5 Å². The lowest BCUT2D eigenvalue weighted by atomic mass is 9.77. The van der Waals surface area contributed by atoms with Crippen LogP contribution in [0.25, 0.3) is 22.2 Å². The summed E-state index contributed by atoms with van der Waals surface area (Å²) in [4.78, 5) is 8.79. The fourth-order valence-corrected chi connectivity index (χ4v) is 5.20. The third-order valence-corrected chi connectivity index (χ3v) is 6.88. The third-order valence-electron chi connectivity index (χ3n) is 6.88. The number of hydrogen-bond donors (Lipinski definition) is 2. The smallest absolute Gasteiger partial charge is 0.146 e. The van der Waals surface area contributed by atoms with Gasteiger partial charge in [-0.1, -0.05) is 42.5 Å². The minimum absolute atomic E-state index is 0.0610. The Kier molecular flexibility index (Phi) is 4.27. The Hall–Kier alpha value is -3.38. The summed E-state index contributed by atoms with van der Waals surface area (Å²) in [6.07, 6.45) is 7.03. The fourth-order valence-electron chi connectivity index (χ4n) is 5.20. The van der Waals surface area contributed by atoms with Crippen molar-refractivity contribution in [2.75, 3.05) is 5.73 Å². The Morgan fingerprint density at radius 3 is 2.72 bits per heavy atom. The van der Waals surface area contributed by atoms with Crippen LogP contribution in [0.2, 0.25) is 0 Å². The van der Waals surface area contributed by atoms with Gasteiger partial charge in [0.25, 0.3) is 0 Å². The van der Waals surface area contributed by atoms with Crippen molar-refractivity contribution < 1.29 is 9.84 Å². The highest BCUT2D eigenvalue weighted by Crippen LogP contribution is 2.45. The van der Waals surface area contributed by atoms with E-state index in [0.717, 1.165) is 40.8 Å². The molecule has 1 unspecified atom stereocenters. The maximum absolute atomic E-state index is 10.3. The van der Waals surface area contributed by atoms with Crippen LogP contribution in [-0.4, -0.2) is 25.2 Å². The number of hydrogen-bond acceptors (Lipinski definition) is 5. The zero-order valence-electron chi connectivity index (χ0n) is 18.0. The maximum atomic E-state index is 10.3. The Morgan fingerprint density at radius 1 is 1.12 bits per heavy atom. The van der Waals surface area contributed by atoms with Crippen molar-refractivity contribution >= 4 is 16.9 Å². The number of nitrogens with two attached hydrogens (primary N) is 1. The van der Waals surface area contributed by atoms with Gasteiger partial charge in [0.2, 0.25) is 0 Å². The molecule has 1 aliphatic heterocycles. The zero-order valence-corrected chi connectivity index (χ0v) is 18.0. The molecule has 2 aromatic carbocycles. The normalized spacial score (nSPS) is 24.6. The van der Waals surface area contributed by atoms with Crippen LogP contribution in [0.3, 0.4) is 0 Å². The molecule has 6 rings (SSSR count). The van der Waals surface area contributed by atoms with E-state index in [2.05, 4.69) is 63.2 Å². The van der Waals surface area contributed by atoms with Gasteiger partial charge in [-0.05, 0) is 55.4 Å². The Morgan fingerprint density at radius 2 is 1.94 bits per heavy atom. The number of nitrogens with zero attached hydrogens (tertiary/aromatic N) is 3. The molecule has 1 aliphatic carbocycles. The molecule has 4 aromatic rings. The molecular weight excluding hydrogens is 400 g/mol. The largest absolute Gasteiger partial charge is 0.485 e. The van der Waals surface area contributed by atoms with Gasteiger partial charge >= 0.3 is 0 Å². The van der Waals surface area contributed by atoms with Crippen molar-refractivity contribution in [3.05, 3.63) is 72.2 Å². The molecule has 0 spiro atoms. The van der Waals surface area contributed by atoms with Gasteiger partial charge in [-0.3, -0.25) is 0 Å². The predicted octanol–water partition coefficient (Wildman–Crippen LogP) is 4.83. The molecule has 1 fully saturated rings. The number of rotatable bonds is 3. The van der Waals surface area contributed by atoms with Crippen LogP contribution in [0.5, 0.6) is 5.75 Å². The number of aliphatic hydroxyl groups is 1. The number of fused-ring (bicyclic) bond motifs is 2. The highest BCUT2D eigenvalue weighted by atomic mass is 16.5. The topological polar surface area (TPSA) is 86.2 Å². The third kappa shape index (κ3) is 3.14. The number of aromatic nitrogens is 3. The van der Waals surface area contributed by atoms with Crippen LogP contribution in [-0.2, 0) is 6.42 Å². The van der Waals surface area contributed by atoms with E-state index in [9.17, 15) is 5.11 Å². The molecule has 2 aliphatic rings. The van der Waals surface area contributed by atoms with Gasteiger partial charge in [0.15, 0.2) is 0 Å². The molecular formula is C26H26N4O2. The first-order chi connectivity index (χ1) is 15.5. The standard InChI is InChI=1S/C26H26N4O2/c1-26(31)12-19(13-26)30-14-20(23-24(27)28-15-29-25(23)30)18-8-7-17-9-10-21(32-22(17)11-18)16-5-3-2-4-6-16/h2-8,11,14-15,19,21,31H,9-10,12-13H2,1H3,(H2,27,28,29). The van der Waals surface area contributed by atoms with Crippen LogP contribution < -0.4 is 10.5 Å². The molecule has 0 amide bonds. The minimum atomic E-state index is -0.619. The van der Waals surface area contributed by atoms with Crippen molar-refractivity contribution in [3.63, 3.8) is 0 Å². The molecule has 3 N–H and O–H groups in total. The SMILES string of the molecule is CC1(O)CC(n2cc(-c3ccc4c(c3)OC(c3ccccc3)CC4)c3c(N)ncnc32)C1. The Balaban J connectivity index is 1.41. The second-order valence-electron chi connectivity index (χ2n) is 9.34. The molecule has 1 atom stereocenters. The van der Waals surface area contributed by atoms with Gasteiger partial charge in [0, 0.05) is 17.8 Å². The lowest BCUT2D eigenvalue weighted by Gasteiger charge is -2.41. The summed E-state index contributed by atoms with van der Waals surface area (Å²) in [6.45, 7) is 1.88. The molecule has 6 nitrogen and oxygen atoms in total. The molecule has 162 valence electrons. The summed E-state index contributed by atoms with van der Waals surface area (Å²) in [5.74, 6) is 1.39. The highest BCUT2D eigenvalue weighted by Gasteiger charge is 2.40. The first-order valence-corrected chi connectivity index (χ1v) is 11.2. The van der Waals surface area contributed by atoms with E-state index in [0.29, 0.717) is 18.7 Å². The van der Waals surface area contributed by atoms with Crippen LogP contribution in [0.4, 0.5) is 5.82 Å². The Labute approximate surface area is 186 Å². The van der Waals surface area contributed by atoms with E-state index in [1.807, 2.05) is 13.0 Å². The second kappa shape index (κ2) is 7.07. The van der Waals surface area contributed by atoms with Gasteiger partial charge in [0.1, 0.15) is 29.6 Å². The van der Waals surface area contributed by atoms with Gasteiger partial charge in [-0.2, -0.15) is 0 Å². The first kappa shape index (κ1) is 19.3. The molecule has 0 saturated heterocycles. The molecule has 3 heterocycles. The fraction of sp³-hybridized carbons (Fsp3) is 0.308. The minimum Gasteiger partial charge on any atom is -0.485 e. The van der Waals surface area contributed by atoms with E-state index >= 15 is 0 Å². The molecule has 6 heteroatoms. The van der Waals surface area contributed by atoms with E-state index in [-0.39, 0.29) is 12.1 Å². The summed E-state index contributed by atoms with van der Waals surface area (Å²) in [7, 11) is 0. The van der Waals surface area contributed by atoms with Gasteiger partial charge in [0.05, 0.1) is 11.0 Å². The summed E-state index contributed by atoms with van der Waals surface area (Å²) in [5.41, 5.74) is 11.0. The predicted molar refractivity (Wildman–Crippen MR) is 124 cm³/mol. The van der Waals surface area contributed by atoms with Crippen molar-refractivity contribution in [3.8, 4) is 16.9 Å². The number of benzene rings is 2. The summed E-state index contributed by atoms with van der Waals surface area (Å²) < 4.78 is 8.58. The van der Waals surface area contributed by atoms with Crippen molar-refractivity contribution in [2.24, 2.45) is 0 Å². The molecule has 0 radical (unpaired) electrons. The first-order valence-electron chi connectivity index (χ1n) is 11.2. The highest BCUT2D eigenvalue weighted by molar-refractivity contribution is 6.00. The number of ether oxygens (including phenoxy) is 1. The van der Waals surface area contributed by atoms with Crippen molar-refractivity contribution in [2.45, 2.75) is 50.4 Å². The molecule has 32 heavy (non-hydrogen) atoms. The summed E-state index contributed by atoms with van der Waals surface area (Å²) in [6, 6.07) is 17.0. The van der Waals surface area contributed by atoms with E-state index in [1.54, 1.807) is 0 Å². The number of anilines is 1. The number of nitrogen functional groups attached to an aromatic ring is 1. The van der Waals surface area contributed by atoms with Gasteiger partial charge < -0.3 is 20.1 Å². The average Bonchev–Trinajstić information content (AvgIpc) is 3.18. The van der Waals surface area contributed by atoms with Gasteiger partial charge in [-0.25, -0.2) is 9.97 Å². The molecule has 0 bridgehead atoms. The second-order valence-corrected chi connectivity index (χ2v) is 9.34. The number of aryl methyl sites for hydroxylation is 1. The Bertz CT molecular complexity index is 1300. The van der Waals surface area contributed by atoms with E-state index in [1.165, 1.54) is 17.5 Å². The summed E-state index contributed by atoms with van der Waals surface area (Å²) >= 11 is 0. The lowest BCUT2D eigenvalue weighted by Crippen LogP contribution is -2.41. The van der Waals surface area contributed by atoms with Crippen molar-refractivity contribution in [1.82, 2.24) is 14.5 Å². The molecule has 2 aromatic heterocycles. The molecule has 1 saturated carbocycles. The van der Waals surface area contributed by atoms with Crippen LogP contribution in [0, 0.1) is 0 Å². The maximum Gasteiger partial charge on any atom is 0.146 e.